The third-order valence-corrected chi connectivity index (χ3v) is 8.53. The van der Waals surface area contributed by atoms with Crippen LogP contribution in [-0.4, -0.2) is 52.6 Å². The van der Waals surface area contributed by atoms with E-state index in [1.807, 2.05) is 16.4 Å². The van der Waals surface area contributed by atoms with Gasteiger partial charge in [-0.05, 0) is 64.6 Å². The van der Waals surface area contributed by atoms with E-state index in [2.05, 4.69) is 5.32 Å². The largest absolute Gasteiger partial charge is 0.345 e. The lowest BCUT2D eigenvalue weighted by Gasteiger charge is -2.35. The Balaban J connectivity index is 1.60. The topological polar surface area (TPSA) is 71.4 Å². The van der Waals surface area contributed by atoms with Crippen LogP contribution in [0.15, 0.2) is 18.3 Å². The van der Waals surface area contributed by atoms with Crippen molar-refractivity contribution in [1.29, 1.82) is 0 Å². The summed E-state index contributed by atoms with van der Waals surface area (Å²) in [5.74, 6) is -0.582. The highest BCUT2D eigenvalue weighted by atomic mass is 35.5. The summed E-state index contributed by atoms with van der Waals surface area (Å²) in [5, 5.41) is 3.62. The lowest BCUT2D eigenvalue weighted by molar-refractivity contribution is -0.141. The molecule has 0 bridgehead atoms. The minimum Gasteiger partial charge on any atom is -0.345 e. The molecule has 1 aliphatic heterocycles. The first kappa shape index (κ1) is 26.8. The van der Waals surface area contributed by atoms with Gasteiger partial charge in [0, 0.05) is 48.6 Å². The van der Waals surface area contributed by atoms with Crippen LogP contribution >= 0.6 is 11.6 Å². The predicted molar refractivity (Wildman–Crippen MR) is 140 cm³/mol. The molecule has 8 heteroatoms. The minimum absolute atomic E-state index is 0.0174. The van der Waals surface area contributed by atoms with E-state index < -0.39 is 5.82 Å². The molecule has 1 aromatic heterocycles. The molecule has 3 unspecified atom stereocenters. The van der Waals surface area contributed by atoms with Gasteiger partial charge in [0.1, 0.15) is 11.6 Å². The number of halogens is 2. The average Bonchev–Trinajstić information content (AvgIpc) is 3.47. The lowest BCUT2D eigenvalue weighted by atomic mass is 9.76. The van der Waals surface area contributed by atoms with Crippen molar-refractivity contribution in [3.63, 3.8) is 0 Å². The van der Waals surface area contributed by atoms with Gasteiger partial charge < -0.3 is 14.8 Å². The van der Waals surface area contributed by atoms with Crippen molar-refractivity contribution in [3.05, 3.63) is 34.7 Å². The first-order valence-corrected chi connectivity index (χ1v) is 13.6. The van der Waals surface area contributed by atoms with Gasteiger partial charge in [0.2, 0.25) is 5.91 Å². The third kappa shape index (κ3) is 5.52. The maximum atomic E-state index is 14.4. The van der Waals surface area contributed by atoms with Gasteiger partial charge >= 0.3 is 0 Å². The zero-order valence-corrected chi connectivity index (χ0v) is 22.2. The number of fused-ring (bicyclic) bond motifs is 1. The van der Waals surface area contributed by atoms with Crippen LogP contribution in [0.1, 0.15) is 75.6 Å². The molecule has 2 heterocycles. The number of benzene rings is 1. The number of nitrogens with one attached hydrogen (secondary N) is 1. The Morgan fingerprint density at radius 2 is 1.86 bits per heavy atom. The second-order valence-electron chi connectivity index (χ2n) is 10.5. The Labute approximate surface area is 217 Å². The number of nitrogens with zero attached hydrogens (tertiary/aromatic N) is 2. The maximum Gasteiger partial charge on any atom is 0.226 e. The van der Waals surface area contributed by atoms with Crippen molar-refractivity contribution in [2.24, 2.45) is 11.8 Å². The number of amides is 1. The summed E-state index contributed by atoms with van der Waals surface area (Å²) in [5.41, 5.74) is 1.10. The number of likely N-dealkylation sites (tertiary alicyclic amines) is 1. The van der Waals surface area contributed by atoms with Crippen molar-refractivity contribution in [1.82, 2.24) is 14.8 Å². The molecule has 6 nitrogen and oxygen atoms in total. The molecule has 36 heavy (non-hydrogen) atoms. The van der Waals surface area contributed by atoms with Crippen LogP contribution in [0.2, 0.25) is 5.02 Å². The molecular formula is C28H37ClFN3O3. The SMILES string of the molecule is CNC(C)C(=O)CC(C(=O)N1CCCC1Cn1cc(C(C)=O)c2cc(Cl)c(F)cc21)C1CCCCC1. The van der Waals surface area contributed by atoms with Crippen LogP contribution in [0.3, 0.4) is 0 Å². The first-order valence-electron chi connectivity index (χ1n) is 13.2. The Morgan fingerprint density at radius 3 is 2.53 bits per heavy atom. The molecule has 1 aliphatic carbocycles. The molecule has 0 spiro atoms. The molecule has 0 radical (unpaired) electrons. The molecule has 2 aromatic rings. The van der Waals surface area contributed by atoms with E-state index in [-0.39, 0.29) is 52.8 Å². The number of carbonyl (C=O) groups is 3. The zero-order valence-electron chi connectivity index (χ0n) is 21.5. The van der Waals surface area contributed by atoms with E-state index in [1.165, 1.54) is 25.5 Å². The zero-order chi connectivity index (χ0) is 26.0. The van der Waals surface area contributed by atoms with Crippen LogP contribution in [0.4, 0.5) is 4.39 Å². The number of rotatable bonds is 9. The highest BCUT2D eigenvalue weighted by Crippen LogP contribution is 2.36. The number of likely N-dealkylation sites (N-methyl/N-ethyl adjacent to an activating group) is 1. The molecule has 1 amide bonds. The van der Waals surface area contributed by atoms with E-state index in [9.17, 15) is 18.8 Å². The van der Waals surface area contributed by atoms with E-state index in [4.69, 9.17) is 11.6 Å². The molecule has 4 rings (SSSR count). The van der Waals surface area contributed by atoms with Gasteiger partial charge in [0.15, 0.2) is 5.78 Å². The van der Waals surface area contributed by atoms with Crippen molar-refractivity contribution in [2.75, 3.05) is 13.6 Å². The maximum absolute atomic E-state index is 14.4. The summed E-state index contributed by atoms with van der Waals surface area (Å²) >= 11 is 6.01. The molecule has 3 atom stereocenters. The van der Waals surface area contributed by atoms with Crippen LogP contribution < -0.4 is 5.32 Å². The molecule has 1 saturated heterocycles. The summed E-state index contributed by atoms with van der Waals surface area (Å²) in [7, 11) is 1.77. The van der Waals surface area contributed by atoms with Crippen molar-refractivity contribution in [3.8, 4) is 0 Å². The highest BCUT2D eigenvalue weighted by Gasteiger charge is 2.39. The fraction of sp³-hybridized carbons (Fsp3) is 0.607. The molecule has 1 N–H and O–H groups in total. The summed E-state index contributed by atoms with van der Waals surface area (Å²) in [6.45, 7) is 4.45. The Hall–Kier alpha value is -2.25. The van der Waals surface area contributed by atoms with Crippen molar-refractivity contribution in [2.45, 2.75) is 83.8 Å². The number of Topliss-reactive ketones (excluding diaryl/α,β-unsaturated/α-hetero) is 2. The van der Waals surface area contributed by atoms with Gasteiger partial charge in [-0.15, -0.1) is 0 Å². The molecule has 1 aromatic carbocycles. The normalized spacial score (nSPS) is 20.6. The summed E-state index contributed by atoms with van der Waals surface area (Å²) in [6, 6.07) is 2.52. The average molecular weight is 518 g/mol. The van der Waals surface area contributed by atoms with Gasteiger partial charge in [-0.25, -0.2) is 4.39 Å². The standard InChI is InChI=1S/C28H37ClFN3O3/c1-17(31-3)27(35)13-21(19-8-5-4-6-9-19)28(36)33-11-7-10-20(33)15-32-16-23(18(2)34)22-12-24(29)25(30)14-26(22)32/h12,14,16-17,19-21,31H,4-11,13,15H2,1-3H3. The van der Waals surface area contributed by atoms with Gasteiger partial charge in [-0.3, -0.25) is 14.4 Å². The van der Waals surface area contributed by atoms with Crippen molar-refractivity contribution < 1.29 is 18.8 Å². The van der Waals surface area contributed by atoms with Gasteiger partial charge in [0.05, 0.1) is 16.6 Å². The summed E-state index contributed by atoms with van der Waals surface area (Å²) in [6.07, 6.45) is 9.09. The Kier molecular flexibility index (Phi) is 8.51. The predicted octanol–water partition coefficient (Wildman–Crippen LogP) is 5.39. The minimum atomic E-state index is -0.535. The smallest absolute Gasteiger partial charge is 0.226 e. The van der Waals surface area contributed by atoms with E-state index >= 15 is 0 Å². The summed E-state index contributed by atoms with van der Waals surface area (Å²) < 4.78 is 16.2. The second kappa shape index (κ2) is 11.4. The van der Waals surface area contributed by atoms with Crippen LogP contribution in [0.25, 0.3) is 10.9 Å². The molecule has 196 valence electrons. The Bertz CT molecular complexity index is 1140. The molecule has 1 saturated carbocycles. The first-order chi connectivity index (χ1) is 17.2. The Morgan fingerprint density at radius 1 is 1.14 bits per heavy atom. The fourth-order valence-electron chi connectivity index (χ4n) is 6.02. The quantitative estimate of drug-likeness (QED) is 0.453. The monoisotopic (exact) mass is 517 g/mol. The van der Waals surface area contributed by atoms with Crippen LogP contribution in [-0.2, 0) is 16.1 Å². The number of hydrogen-bond donors (Lipinski definition) is 1. The van der Waals surface area contributed by atoms with E-state index in [0.717, 1.165) is 38.5 Å². The molecule has 2 fully saturated rings. The van der Waals surface area contributed by atoms with Crippen LogP contribution in [0, 0.1) is 17.7 Å². The van der Waals surface area contributed by atoms with E-state index in [0.29, 0.717) is 29.6 Å². The van der Waals surface area contributed by atoms with Crippen molar-refractivity contribution >= 4 is 40.0 Å². The van der Waals surface area contributed by atoms with Gasteiger partial charge in [-0.2, -0.15) is 0 Å². The molecule has 2 aliphatic rings. The summed E-state index contributed by atoms with van der Waals surface area (Å²) in [4.78, 5) is 41.1. The van der Waals surface area contributed by atoms with Gasteiger partial charge in [-0.1, -0.05) is 30.9 Å². The van der Waals surface area contributed by atoms with Gasteiger partial charge in [0.25, 0.3) is 0 Å². The number of hydrogen-bond acceptors (Lipinski definition) is 4. The fourth-order valence-corrected chi connectivity index (χ4v) is 6.18. The van der Waals surface area contributed by atoms with Crippen LogP contribution in [0.5, 0.6) is 0 Å². The third-order valence-electron chi connectivity index (χ3n) is 8.24. The number of ketones is 2. The lowest BCUT2D eigenvalue weighted by Crippen LogP contribution is -2.45. The second-order valence-corrected chi connectivity index (χ2v) is 11.0. The molecular weight excluding hydrogens is 481 g/mol. The van der Waals surface area contributed by atoms with E-state index in [1.54, 1.807) is 13.2 Å². The number of aromatic nitrogens is 1. The number of carbonyl (C=O) groups excluding carboxylic acids is 3. The highest BCUT2D eigenvalue weighted by molar-refractivity contribution is 6.31.